The second kappa shape index (κ2) is 4.58. The maximum atomic E-state index is 13.3. The number of thiophene rings is 1. The van der Waals surface area contributed by atoms with Crippen LogP contribution in [0.3, 0.4) is 0 Å². The Hall–Kier alpha value is -1.46. The first-order chi connectivity index (χ1) is 9.06. The molecule has 0 amide bonds. The minimum Gasteiger partial charge on any atom is -0.360 e. The van der Waals surface area contributed by atoms with Crippen molar-refractivity contribution in [2.75, 3.05) is 0 Å². The number of halogens is 2. The number of nitrogens with one attached hydrogen (secondary N) is 1. The summed E-state index contributed by atoms with van der Waals surface area (Å²) >= 11 is 4.80. The Morgan fingerprint density at radius 2 is 2.16 bits per heavy atom. The molecule has 0 fully saturated rings. The molecule has 0 spiro atoms. The zero-order valence-corrected chi connectivity index (χ0v) is 12.4. The zero-order valence-electron chi connectivity index (χ0n) is 9.96. The molecular formula is C14H9BrFNOS. The lowest BCUT2D eigenvalue weighted by Gasteiger charge is -1.96. The van der Waals surface area contributed by atoms with E-state index < -0.39 is 0 Å². The molecule has 1 aromatic carbocycles. The number of ketones is 1. The maximum Gasteiger partial charge on any atom is 0.205 e. The molecule has 0 saturated carbocycles. The molecule has 2 heterocycles. The number of carbonyl (C=O) groups excluding carboxylic acids is 1. The van der Waals surface area contributed by atoms with Crippen molar-refractivity contribution in [3.8, 4) is 0 Å². The van der Waals surface area contributed by atoms with Crippen LogP contribution < -0.4 is 0 Å². The number of benzene rings is 1. The van der Waals surface area contributed by atoms with Gasteiger partial charge < -0.3 is 4.98 Å². The van der Waals surface area contributed by atoms with Crippen molar-refractivity contribution in [1.82, 2.24) is 4.98 Å². The first-order valence-electron chi connectivity index (χ1n) is 5.63. The Morgan fingerprint density at radius 1 is 1.37 bits per heavy atom. The SMILES string of the molecule is Cc1cc(C(=O)c2c[nH]c3ccc(F)cc23)sc1Br. The molecule has 2 nitrogen and oxygen atoms in total. The van der Waals surface area contributed by atoms with Crippen LogP contribution in [0.5, 0.6) is 0 Å². The van der Waals surface area contributed by atoms with Crippen LogP contribution in [0.2, 0.25) is 0 Å². The van der Waals surface area contributed by atoms with E-state index in [4.69, 9.17) is 0 Å². The lowest BCUT2D eigenvalue weighted by molar-refractivity contribution is 0.104. The summed E-state index contributed by atoms with van der Waals surface area (Å²) in [7, 11) is 0. The number of carbonyl (C=O) groups is 1. The third-order valence-corrected chi connectivity index (χ3v) is 5.10. The van der Waals surface area contributed by atoms with Crippen molar-refractivity contribution in [2.45, 2.75) is 6.92 Å². The lowest BCUT2D eigenvalue weighted by atomic mass is 10.1. The minimum absolute atomic E-state index is 0.0874. The molecule has 2 aromatic heterocycles. The first-order valence-corrected chi connectivity index (χ1v) is 7.24. The van der Waals surface area contributed by atoms with E-state index in [0.29, 0.717) is 15.8 Å². The average molecular weight is 338 g/mol. The summed E-state index contributed by atoms with van der Waals surface area (Å²) in [5, 5.41) is 0.618. The zero-order chi connectivity index (χ0) is 13.6. The molecule has 96 valence electrons. The Balaban J connectivity index is 2.13. The van der Waals surface area contributed by atoms with Gasteiger partial charge in [0.05, 0.1) is 8.66 Å². The fraction of sp³-hybridized carbons (Fsp3) is 0.0714. The lowest BCUT2D eigenvalue weighted by Crippen LogP contribution is -1.97. The van der Waals surface area contributed by atoms with Gasteiger partial charge in [-0.2, -0.15) is 0 Å². The van der Waals surface area contributed by atoms with Crippen LogP contribution >= 0.6 is 27.3 Å². The molecule has 0 radical (unpaired) electrons. The number of aryl methyl sites for hydroxylation is 1. The van der Waals surface area contributed by atoms with Gasteiger partial charge in [0.2, 0.25) is 5.78 Å². The number of H-pyrrole nitrogens is 1. The fourth-order valence-corrected chi connectivity index (χ4v) is 3.47. The van der Waals surface area contributed by atoms with Gasteiger partial charge in [0.25, 0.3) is 0 Å². The van der Waals surface area contributed by atoms with Gasteiger partial charge in [-0.15, -0.1) is 11.3 Å². The fourth-order valence-electron chi connectivity index (χ4n) is 1.99. The van der Waals surface area contributed by atoms with Crippen molar-refractivity contribution in [3.05, 3.63) is 56.1 Å². The summed E-state index contributed by atoms with van der Waals surface area (Å²) in [5.74, 6) is -0.430. The molecule has 0 saturated heterocycles. The van der Waals surface area contributed by atoms with E-state index in [1.165, 1.54) is 23.5 Å². The Bertz CT molecular complexity index is 770. The number of hydrogen-bond donors (Lipinski definition) is 1. The molecule has 5 heteroatoms. The third-order valence-electron chi connectivity index (χ3n) is 2.97. The summed E-state index contributed by atoms with van der Waals surface area (Å²) in [6, 6.07) is 6.24. The van der Waals surface area contributed by atoms with Gasteiger partial charge in [-0.1, -0.05) is 0 Å². The van der Waals surface area contributed by atoms with E-state index in [-0.39, 0.29) is 11.6 Å². The Morgan fingerprint density at radius 3 is 2.84 bits per heavy atom. The number of fused-ring (bicyclic) bond motifs is 1. The molecule has 0 bridgehead atoms. The Kier molecular flexibility index (Phi) is 3.03. The number of aromatic amines is 1. The van der Waals surface area contributed by atoms with Crippen LogP contribution in [0.15, 0.2) is 34.2 Å². The average Bonchev–Trinajstić information content (AvgIpc) is 2.93. The van der Waals surface area contributed by atoms with E-state index in [1.807, 2.05) is 13.0 Å². The molecule has 3 rings (SSSR count). The van der Waals surface area contributed by atoms with Crippen LogP contribution in [0.1, 0.15) is 20.8 Å². The van der Waals surface area contributed by atoms with E-state index in [1.54, 1.807) is 12.3 Å². The van der Waals surface area contributed by atoms with Gasteiger partial charge >= 0.3 is 0 Å². The quantitative estimate of drug-likeness (QED) is 0.677. The van der Waals surface area contributed by atoms with Crippen molar-refractivity contribution in [3.63, 3.8) is 0 Å². The smallest absolute Gasteiger partial charge is 0.205 e. The van der Waals surface area contributed by atoms with E-state index >= 15 is 0 Å². The molecule has 19 heavy (non-hydrogen) atoms. The molecule has 0 atom stereocenters. The second-order valence-electron chi connectivity index (χ2n) is 4.29. The van der Waals surface area contributed by atoms with Crippen LogP contribution in [0.25, 0.3) is 10.9 Å². The van der Waals surface area contributed by atoms with Gasteiger partial charge in [0.1, 0.15) is 5.82 Å². The van der Waals surface area contributed by atoms with Gasteiger partial charge in [-0.25, -0.2) is 4.39 Å². The highest BCUT2D eigenvalue weighted by atomic mass is 79.9. The normalized spacial score (nSPS) is 11.1. The first kappa shape index (κ1) is 12.6. The van der Waals surface area contributed by atoms with Crippen LogP contribution in [-0.2, 0) is 0 Å². The molecular weight excluding hydrogens is 329 g/mol. The third kappa shape index (κ3) is 2.13. The van der Waals surface area contributed by atoms with Gasteiger partial charge in [-0.05, 0) is 52.7 Å². The van der Waals surface area contributed by atoms with Gasteiger partial charge in [0.15, 0.2) is 0 Å². The van der Waals surface area contributed by atoms with E-state index in [9.17, 15) is 9.18 Å². The molecule has 0 aliphatic rings. The summed E-state index contributed by atoms with van der Waals surface area (Å²) in [4.78, 5) is 16.1. The van der Waals surface area contributed by atoms with Crippen LogP contribution in [0.4, 0.5) is 4.39 Å². The topological polar surface area (TPSA) is 32.9 Å². The predicted molar refractivity (Wildman–Crippen MR) is 78.4 cm³/mol. The van der Waals surface area contributed by atoms with Crippen molar-refractivity contribution in [2.24, 2.45) is 0 Å². The number of rotatable bonds is 2. The minimum atomic E-state index is -0.343. The Labute approximate surface area is 121 Å². The summed E-state index contributed by atoms with van der Waals surface area (Å²) in [5.41, 5.74) is 2.29. The molecule has 1 N–H and O–H groups in total. The maximum absolute atomic E-state index is 13.3. The largest absolute Gasteiger partial charge is 0.360 e. The number of hydrogen-bond acceptors (Lipinski definition) is 2. The predicted octanol–water partition coefficient (Wildman–Crippen LogP) is 4.67. The molecule has 0 aliphatic carbocycles. The summed E-state index contributed by atoms with van der Waals surface area (Å²) in [6.07, 6.45) is 1.63. The second-order valence-corrected chi connectivity index (χ2v) is 6.66. The van der Waals surface area contributed by atoms with Crippen molar-refractivity contribution >= 4 is 44.0 Å². The highest BCUT2D eigenvalue weighted by Gasteiger charge is 2.17. The van der Waals surface area contributed by atoms with Crippen LogP contribution in [0, 0.1) is 12.7 Å². The number of aromatic nitrogens is 1. The highest BCUT2D eigenvalue weighted by Crippen LogP contribution is 2.30. The van der Waals surface area contributed by atoms with Crippen LogP contribution in [-0.4, -0.2) is 10.8 Å². The highest BCUT2D eigenvalue weighted by molar-refractivity contribution is 9.11. The van der Waals surface area contributed by atoms with Crippen molar-refractivity contribution < 1.29 is 9.18 Å². The summed E-state index contributed by atoms with van der Waals surface area (Å²) < 4.78 is 14.2. The van der Waals surface area contributed by atoms with E-state index in [2.05, 4.69) is 20.9 Å². The molecule has 3 aromatic rings. The molecule has 0 unspecified atom stereocenters. The summed E-state index contributed by atoms with van der Waals surface area (Å²) in [6.45, 7) is 1.94. The molecule has 0 aliphatic heterocycles. The van der Waals surface area contributed by atoms with Gasteiger partial charge in [0, 0.05) is 22.7 Å². The van der Waals surface area contributed by atoms with E-state index in [0.717, 1.165) is 14.9 Å². The monoisotopic (exact) mass is 337 g/mol. The van der Waals surface area contributed by atoms with Crippen molar-refractivity contribution in [1.29, 1.82) is 0 Å². The van der Waals surface area contributed by atoms with Gasteiger partial charge in [-0.3, -0.25) is 4.79 Å². The standard InChI is InChI=1S/C14H9BrFNOS/c1-7-4-12(19-14(7)15)13(18)10-6-17-11-3-2-8(16)5-9(10)11/h2-6,17H,1H3.